The summed E-state index contributed by atoms with van der Waals surface area (Å²) in [5, 5.41) is 2.11. The summed E-state index contributed by atoms with van der Waals surface area (Å²) < 4.78 is 0. The Bertz CT molecular complexity index is 698. The zero-order valence-corrected chi connectivity index (χ0v) is 15.8. The molecule has 23 heavy (non-hydrogen) atoms. The third kappa shape index (κ3) is 5.59. The van der Waals surface area contributed by atoms with Gasteiger partial charge in [0.2, 0.25) is 5.12 Å². The van der Waals surface area contributed by atoms with E-state index in [1.165, 1.54) is 11.8 Å². The first-order valence-electron chi connectivity index (χ1n) is 7.40. The number of Topliss-reactive ketones (excluding diaryl/α,β-unsaturated/α-hetero) is 1. The van der Waals surface area contributed by atoms with Crippen LogP contribution in [0.4, 0.5) is 0 Å². The summed E-state index contributed by atoms with van der Waals surface area (Å²) in [5.74, 6) is 4.22. The lowest BCUT2D eigenvalue weighted by atomic mass is 10.0. The van der Waals surface area contributed by atoms with Crippen LogP contribution in [-0.2, 0) is 0 Å². The minimum absolute atomic E-state index is 0.0570. The van der Waals surface area contributed by atoms with Gasteiger partial charge in [0.05, 0.1) is 0 Å². The lowest BCUT2D eigenvalue weighted by molar-refractivity contribution is 0.101. The maximum absolute atomic E-state index is 12.2. The number of carbonyl (C=O) groups is 2. The Morgan fingerprint density at radius 1 is 0.870 bits per heavy atom. The topological polar surface area (TPSA) is 34.1 Å². The van der Waals surface area contributed by atoms with Crippen LogP contribution in [0.3, 0.4) is 0 Å². The molecule has 0 aliphatic rings. The Morgan fingerprint density at radius 3 is 2.13 bits per heavy atom. The molecule has 0 amide bonds. The predicted molar refractivity (Wildman–Crippen MR) is 106 cm³/mol. The molecule has 0 atom stereocenters. The normalized spacial score (nSPS) is 10.9. The first-order chi connectivity index (χ1) is 11.1. The van der Waals surface area contributed by atoms with E-state index in [4.69, 9.17) is 0 Å². The van der Waals surface area contributed by atoms with Crippen LogP contribution in [0.1, 0.15) is 27.6 Å². The number of hydrogen-bond acceptors (Lipinski definition) is 5. The quantitative estimate of drug-likeness (QED) is 0.486. The minimum atomic E-state index is 0.0570. The summed E-state index contributed by atoms with van der Waals surface area (Å²) in [6.07, 6.45) is 2.11. The van der Waals surface area contributed by atoms with Crippen molar-refractivity contribution in [1.29, 1.82) is 0 Å². The van der Waals surface area contributed by atoms with E-state index in [1.807, 2.05) is 59.9 Å². The van der Waals surface area contributed by atoms with E-state index in [-0.39, 0.29) is 10.9 Å². The molecule has 0 bridgehead atoms. The van der Waals surface area contributed by atoms with Gasteiger partial charge >= 0.3 is 0 Å². The number of carbonyl (C=O) groups excluding carboxylic acids is 2. The second-order valence-electron chi connectivity index (χ2n) is 5.07. The van der Waals surface area contributed by atoms with E-state index < -0.39 is 0 Å². The van der Waals surface area contributed by atoms with E-state index in [0.717, 1.165) is 39.3 Å². The monoisotopic (exact) mass is 364 g/mol. The molecular weight excluding hydrogens is 344 g/mol. The predicted octanol–water partition coefficient (Wildman–Crippen LogP) is 5.01. The van der Waals surface area contributed by atoms with Crippen LogP contribution in [0, 0.1) is 0 Å². The van der Waals surface area contributed by atoms with Gasteiger partial charge in [0.15, 0.2) is 5.78 Å². The van der Waals surface area contributed by atoms with Crippen LogP contribution < -0.4 is 0 Å². The molecule has 2 aromatic rings. The zero-order valence-electron chi connectivity index (χ0n) is 13.3. The summed E-state index contributed by atoms with van der Waals surface area (Å²) in [6.45, 7) is 1.56. The number of ketones is 1. The second kappa shape index (κ2) is 9.40. The van der Waals surface area contributed by atoms with Gasteiger partial charge in [-0.1, -0.05) is 30.0 Å². The van der Waals surface area contributed by atoms with Crippen molar-refractivity contribution < 1.29 is 9.59 Å². The fourth-order valence-electron chi connectivity index (χ4n) is 2.11. The van der Waals surface area contributed by atoms with E-state index in [0.29, 0.717) is 5.56 Å². The maximum atomic E-state index is 12.2. The van der Waals surface area contributed by atoms with Gasteiger partial charge in [0.1, 0.15) is 0 Å². The van der Waals surface area contributed by atoms with Gasteiger partial charge in [-0.25, -0.2) is 0 Å². The van der Waals surface area contributed by atoms with E-state index in [1.54, 1.807) is 6.92 Å². The zero-order chi connectivity index (χ0) is 16.7. The molecule has 0 saturated carbocycles. The van der Waals surface area contributed by atoms with Gasteiger partial charge in [-0.2, -0.15) is 23.5 Å². The maximum Gasteiger partial charge on any atom is 0.219 e. The third-order valence-corrected chi connectivity index (χ3v) is 6.40. The highest BCUT2D eigenvalue weighted by Crippen LogP contribution is 2.22. The Hall–Kier alpha value is -0.910. The summed E-state index contributed by atoms with van der Waals surface area (Å²) >= 11 is 5.13. The lowest BCUT2D eigenvalue weighted by Crippen LogP contribution is -1.98. The molecule has 0 heterocycles. The Labute approximate surface area is 150 Å². The molecule has 0 aliphatic carbocycles. The molecule has 5 heteroatoms. The van der Waals surface area contributed by atoms with Gasteiger partial charge in [-0.3, -0.25) is 9.59 Å². The number of rotatable bonds is 8. The fourth-order valence-corrected chi connectivity index (χ4v) is 4.74. The molecule has 0 aromatic heterocycles. The van der Waals surface area contributed by atoms with Crippen molar-refractivity contribution in [3.63, 3.8) is 0 Å². The van der Waals surface area contributed by atoms with Crippen molar-refractivity contribution in [1.82, 2.24) is 0 Å². The van der Waals surface area contributed by atoms with Crippen LogP contribution in [0.15, 0.2) is 36.4 Å². The Morgan fingerprint density at radius 2 is 1.48 bits per heavy atom. The smallest absolute Gasteiger partial charge is 0.219 e. The molecule has 2 rings (SSSR count). The highest BCUT2D eigenvalue weighted by Gasteiger charge is 2.08. The average molecular weight is 365 g/mol. The van der Waals surface area contributed by atoms with Crippen LogP contribution in [0.2, 0.25) is 0 Å². The molecular formula is C18H20O2S3. The molecule has 0 radical (unpaired) electrons. The average Bonchev–Trinajstić information content (AvgIpc) is 2.56. The summed E-state index contributed by atoms with van der Waals surface area (Å²) in [4.78, 5) is 23.7. The van der Waals surface area contributed by atoms with Gasteiger partial charge in [-0.15, -0.1) is 0 Å². The van der Waals surface area contributed by atoms with Crippen molar-refractivity contribution in [3.05, 3.63) is 47.5 Å². The summed E-state index contributed by atoms with van der Waals surface area (Å²) in [5.41, 5.74) is 1.43. The van der Waals surface area contributed by atoms with Crippen molar-refractivity contribution in [2.24, 2.45) is 0 Å². The molecule has 0 saturated heterocycles. The highest BCUT2D eigenvalue weighted by molar-refractivity contribution is 8.14. The third-order valence-electron chi connectivity index (χ3n) is 3.38. The molecule has 0 spiro atoms. The number of benzene rings is 2. The van der Waals surface area contributed by atoms with Crippen LogP contribution in [-0.4, -0.2) is 40.2 Å². The lowest BCUT2D eigenvalue weighted by Gasteiger charge is -2.05. The van der Waals surface area contributed by atoms with E-state index >= 15 is 0 Å². The molecule has 2 nitrogen and oxygen atoms in total. The fraction of sp³-hybridized carbons (Fsp3) is 0.333. The first-order valence-corrected chi connectivity index (χ1v) is 10.9. The van der Waals surface area contributed by atoms with Gasteiger partial charge in [0, 0.05) is 34.1 Å². The van der Waals surface area contributed by atoms with Crippen LogP contribution in [0.5, 0.6) is 0 Å². The molecule has 122 valence electrons. The SMILES string of the molecule is CSCCSCCSC(=O)c1ccc2cc(C(C)=O)ccc2c1. The van der Waals surface area contributed by atoms with Gasteiger partial charge < -0.3 is 0 Å². The molecule has 0 aliphatic heterocycles. The standard InChI is InChI=1S/C18H20O2S3/c1-13(19)14-3-4-16-12-17(6-5-15(16)11-14)18(20)23-10-9-22-8-7-21-2/h3-6,11-12H,7-10H2,1-2H3. The Kier molecular flexibility index (Phi) is 7.53. The van der Waals surface area contributed by atoms with Crippen molar-refractivity contribution in [2.75, 3.05) is 29.3 Å². The summed E-state index contributed by atoms with van der Waals surface area (Å²) in [6, 6.07) is 11.3. The molecule has 0 fully saturated rings. The minimum Gasteiger partial charge on any atom is -0.295 e. The van der Waals surface area contributed by atoms with Crippen molar-refractivity contribution in [2.45, 2.75) is 6.92 Å². The number of fused-ring (bicyclic) bond motifs is 1. The van der Waals surface area contributed by atoms with E-state index in [9.17, 15) is 9.59 Å². The molecule has 0 N–H and O–H groups in total. The highest BCUT2D eigenvalue weighted by atomic mass is 32.2. The second-order valence-corrected chi connectivity index (χ2v) is 8.35. The van der Waals surface area contributed by atoms with Gasteiger partial charge in [-0.05, 0) is 42.2 Å². The van der Waals surface area contributed by atoms with Crippen LogP contribution >= 0.6 is 35.3 Å². The number of hydrogen-bond donors (Lipinski definition) is 0. The van der Waals surface area contributed by atoms with E-state index in [2.05, 4.69) is 6.26 Å². The summed E-state index contributed by atoms with van der Waals surface area (Å²) in [7, 11) is 0. The first kappa shape index (κ1) is 18.4. The number of thioether (sulfide) groups is 3. The molecule has 0 unspecified atom stereocenters. The molecule has 2 aromatic carbocycles. The largest absolute Gasteiger partial charge is 0.295 e. The van der Waals surface area contributed by atoms with Crippen LogP contribution in [0.25, 0.3) is 10.8 Å². The van der Waals surface area contributed by atoms with Gasteiger partial charge in [0.25, 0.3) is 0 Å². The van der Waals surface area contributed by atoms with Crippen molar-refractivity contribution >= 4 is 57.0 Å². The Balaban J connectivity index is 1.96. The van der Waals surface area contributed by atoms with Crippen molar-refractivity contribution in [3.8, 4) is 0 Å².